The van der Waals surface area contributed by atoms with Gasteiger partial charge in [-0.05, 0) is 31.0 Å². The third-order valence-corrected chi connectivity index (χ3v) is 2.49. The molecule has 0 spiro atoms. The molecule has 1 rings (SSSR count). The molecule has 1 aromatic carbocycles. The lowest BCUT2D eigenvalue weighted by atomic mass is 10.1. The summed E-state index contributed by atoms with van der Waals surface area (Å²) in [5.41, 5.74) is 7.35. The quantitative estimate of drug-likeness (QED) is 0.532. The van der Waals surface area contributed by atoms with Crippen LogP contribution in [0.3, 0.4) is 0 Å². The number of carbonyl (C=O) groups is 1. The molecule has 0 saturated carbocycles. The fourth-order valence-electron chi connectivity index (χ4n) is 1.61. The lowest BCUT2D eigenvalue weighted by molar-refractivity contribution is -0.140. The first kappa shape index (κ1) is 13.5. The van der Waals surface area contributed by atoms with Gasteiger partial charge in [0, 0.05) is 11.7 Å². The molecule has 0 bridgehead atoms. The highest BCUT2D eigenvalue weighted by molar-refractivity contribution is 5.73. The van der Waals surface area contributed by atoms with E-state index in [1.807, 2.05) is 31.2 Å². The van der Waals surface area contributed by atoms with Gasteiger partial charge in [-0.15, -0.1) is 0 Å². The molecule has 1 aromatic rings. The second-order valence-electron chi connectivity index (χ2n) is 4.09. The normalized spacial score (nSPS) is 14.2. The maximum Gasteiger partial charge on any atom is 0.323 e. The summed E-state index contributed by atoms with van der Waals surface area (Å²) in [5, 5.41) is 20.5. The van der Waals surface area contributed by atoms with Crippen molar-refractivity contribution >= 4 is 11.7 Å². The van der Waals surface area contributed by atoms with Crippen LogP contribution in [0.5, 0.6) is 0 Å². The van der Waals surface area contributed by atoms with Gasteiger partial charge in [0.05, 0.1) is 6.61 Å². The topological polar surface area (TPSA) is 95.6 Å². The maximum atomic E-state index is 10.7. The van der Waals surface area contributed by atoms with Gasteiger partial charge in [0.15, 0.2) is 0 Å². The predicted molar refractivity (Wildman–Crippen MR) is 65.7 cm³/mol. The second kappa shape index (κ2) is 6.22. The smallest absolute Gasteiger partial charge is 0.323 e. The molecule has 2 unspecified atom stereocenters. The number of aliphatic carboxylic acids is 1. The number of rotatable bonds is 6. The molecule has 2 atom stereocenters. The highest BCUT2D eigenvalue weighted by atomic mass is 16.4. The van der Waals surface area contributed by atoms with E-state index < -0.39 is 18.6 Å². The number of hydrogen-bond acceptors (Lipinski definition) is 4. The molecule has 0 aliphatic carbocycles. The molecule has 5 N–H and O–H groups in total. The predicted octanol–water partition coefficient (Wildman–Crippen LogP) is 0.235. The Morgan fingerprint density at radius 1 is 1.41 bits per heavy atom. The fraction of sp³-hybridized carbons (Fsp3) is 0.417. The highest BCUT2D eigenvalue weighted by Gasteiger charge is 2.18. The minimum absolute atomic E-state index is 0.0353. The second-order valence-corrected chi connectivity index (χ2v) is 4.09. The number of anilines is 1. The number of carboxylic acid groups (broad SMARTS) is 1. The minimum atomic E-state index is -1.04. The van der Waals surface area contributed by atoms with Crippen molar-refractivity contribution in [2.75, 3.05) is 12.3 Å². The molecule has 5 nitrogen and oxygen atoms in total. The lowest BCUT2D eigenvalue weighted by Crippen LogP contribution is -2.45. The van der Waals surface area contributed by atoms with E-state index in [4.69, 9.17) is 15.9 Å². The molecule has 94 valence electrons. The van der Waals surface area contributed by atoms with Crippen LogP contribution in [-0.2, 0) is 11.2 Å². The number of nitrogens with one attached hydrogen (secondary N) is 1. The standard InChI is InChI=1S/C12H18N2O3/c1-8(14-11(7-15)12(16)17)6-9-2-4-10(13)5-3-9/h2-5,8,11,14-15H,6-7,13H2,1H3,(H,16,17). The molecule has 0 amide bonds. The van der Waals surface area contributed by atoms with Gasteiger partial charge in [0.1, 0.15) is 6.04 Å². The van der Waals surface area contributed by atoms with Gasteiger partial charge >= 0.3 is 5.97 Å². The summed E-state index contributed by atoms with van der Waals surface area (Å²) in [7, 11) is 0. The van der Waals surface area contributed by atoms with Crippen molar-refractivity contribution in [3.8, 4) is 0 Å². The third-order valence-electron chi connectivity index (χ3n) is 2.49. The van der Waals surface area contributed by atoms with Crippen LogP contribution in [0.25, 0.3) is 0 Å². The van der Waals surface area contributed by atoms with Crippen molar-refractivity contribution in [2.24, 2.45) is 0 Å². The van der Waals surface area contributed by atoms with Crippen LogP contribution in [0, 0.1) is 0 Å². The van der Waals surface area contributed by atoms with Crippen molar-refractivity contribution in [3.63, 3.8) is 0 Å². The Morgan fingerprint density at radius 3 is 2.47 bits per heavy atom. The Morgan fingerprint density at radius 2 is 2.00 bits per heavy atom. The zero-order valence-corrected chi connectivity index (χ0v) is 9.76. The van der Waals surface area contributed by atoms with Crippen molar-refractivity contribution in [1.82, 2.24) is 5.32 Å². The van der Waals surface area contributed by atoms with E-state index in [9.17, 15) is 4.79 Å². The fourth-order valence-corrected chi connectivity index (χ4v) is 1.61. The number of nitrogens with two attached hydrogens (primary N) is 1. The Kier molecular flexibility index (Phi) is 4.93. The first-order chi connectivity index (χ1) is 8.02. The summed E-state index contributed by atoms with van der Waals surface area (Å²) in [6, 6.07) is 6.47. The average molecular weight is 238 g/mol. The van der Waals surface area contributed by atoms with Crippen molar-refractivity contribution in [2.45, 2.75) is 25.4 Å². The minimum Gasteiger partial charge on any atom is -0.480 e. The van der Waals surface area contributed by atoms with E-state index in [0.717, 1.165) is 5.56 Å². The van der Waals surface area contributed by atoms with Crippen LogP contribution in [0.1, 0.15) is 12.5 Å². The summed E-state index contributed by atoms with van der Waals surface area (Å²) in [5.74, 6) is -1.04. The van der Waals surface area contributed by atoms with Crippen LogP contribution in [0.4, 0.5) is 5.69 Å². The van der Waals surface area contributed by atoms with Gasteiger partial charge < -0.3 is 15.9 Å². The summed E-state index contributed by atoms with van der Waals surface area (Å²) < 4.78 is 0. The van der Waals surface area contributed by atoms with E-state index in [2.05, 4.69) is 5.32 Å². The molecule has 0 saturated heterocycles. The van der Waals surface area contributed by atoms with E-state index in [1.165, 1.54) is 0 Å². The Labute approximate surface area is 100 Å². The lowest BCUT2D eigenvalue weighted by Gasteiger charge is -2.18. The van der Waals surface area contributed by atoms with Gasteiger partial charge in [0.25, 0.3) is 0 Å². The summed E-state index contributed by atoms with van der Waals surface area (Å²) >= 11 is 0. The van der Waals surface area contributed by atoms with Crippen LogP contribution >= 0.6 is 0 Å². The van der Waals surface area contributed by atoms with Gasteiger partial charge in [-0.2, -0.15) is 0 Å². The Bertz CT molecular complexity index is 365. The Balaban J connectivity index is 2.51. The summed E-state index contributed by atoms with van der Waals surface area (Å²) in [6.07, 6.45) is 0.685. The molecule has 0 aromatic heterocycles. The van der Waals surface area contributed by atoms with Gasteiger partial charge in [0.2, 0.25) is 0 Å². The van der Waals surface area contributed by atoms with E-state index in [1.54, 1.807) is 0 Å². The third kappa shape index (κ3) is 4.42. The largest absolute Gasteiger partial charge is 0.480 e. The van der Waals surface area contributed by atoms with E-state index in [-0.39, 0.29) is 6.04 Å². The van der Waals surface area contributed by atoms with Gasteiger partial charge in [-0.25, -0.2) is 0 Å². The zero-order chi connectivity index (χ0) is 12.8. The zero-order valence-electron chi connectivity index (χ0n) is 9.76. The summed E-state index contributed by atoms with van der Waals surface area (Å²) in [6.45, 7) is 1.46. The number of nitrogen functional groups attached to an aromatic ring is 1. The van der Waals surface area contributed by atoms with E-state index >= 15 is 0 Å². The SMILES string of the molecule is CC(Cc1ccc(N)cc1)NC(CO)C(=O)O. The first-order valence-corrected chi connectivity index (χ1v) is 5.47. The van der Waals surface area contributed by atoms with Crippen molar-refractivity contribution < 1.29 is 15.0 Å². The molecule has 17 heavy (non-hydrogen) atoms. The van der Waals surface area contributed by atoms with Crippen LogP contribution in [0.15, 0.2) is 24.3 Å². The number of aliphatic hydroxyl groups excluding tert-OH is 1. The van der Waals surface area contributed by atoms with Crippen molar-refractivity contribution in [1.29, 1.82) is 0 Å². The van der Waals surface area contributed by atoms with E-state index in [0.29, 0.717) is 12.1 Å². The molecule has 5 heteroatoms. The van der Waals surface area contributed by atoms with Crippen LogP contribution < -0.4 is 11.1 Å². The Hall–Kier alpha value is -1.59. The van der Waals surface area contributed by atoms with Crippen molar-refractivity contribution in [3.05, 3.63) is 29.8 Å². The molecule has 0 aliphatic heterocycles. The number of aliphatic hydroxyl groups is 1. The van der Waals surface area contributed by atoms with Crippen LogP contribution in [0.2, 0.25) is 0 Å². The molecule has 0 aliphatic rings. The molecule has 0 heterocycles. The average Bonchev–Trinajstić information content (AvgIpc) is 2.28. The highest BCUT2D eigenvalue weighted by Crippen LogP contribution is 2.08. The molecule has 0 fully saturated rings. The maximum absolute atomic E-state index is 10.7. The number of benzene rings is 1. The number of carboxylic acids is 1. The van der Waals surface area contributed by atoms with Gasteiger partial charge in [-0.1, -0.05) is 12.1 Å². The van der Waals surface area contributed by atoms with Crippen LogP contribution in [-0.4, -0.2) is 34.9 Å². The first-order valence-electron chi connectivity index (χ1n) is 5.47. The molecular formula is C12H18N2O3. The summed E-state index contributed by atoms with van der Waals surface area (Å²) in [4.78, 5) is 10.7. The number of hydrogen-bond donors (Lipinski definition) is 4. The monoisotopic (exact) mass is 238 g/mol. The molecular weight excluding hydrogens is 220 g/mol. The van der Waals surface area contributed by atoms with Gasteiger partial charge in [-0.3, -0.25) is 10.1 Å². The molecule has 0 radical (unpaired) electrons.